The lowest BCUT2D eigenvalue weighted by Crippen LogP contribution is -1.93. The van der Waals surface area contributed by atoms with Gasteiger partial charge in [-0.05, 0) is 18.1 Å². The summed E-state index contributed by atoms with van der Waals surface area (Å²) in [5.74, 6) is 1.71. The Kier molecular flexibility index (Phi) is 2.56. The minimum absolute atomic E-state index is 0.201. The molecule has 0 unspecified atom stereocenters. The van der Waals surface area contributed by atoms with Gasteiger partial charge in [0.25, 0.3) is 0 Å². The molecule has 0 atom stereocenters. The summed E-state index contributed by atoms with van der Waals surface area (Å²) in [7, 11) is 0. The highest BCUT2D eigenvalue weighted by Crippen LogP contribution is 2.45. The molecule has 0 bridgehead atoms. The lowest BCUT2D eigenvalue weighted by atomic mass is 10.0. The van der Waals surface area contributed by atoms with Gasteiger partial charge in [0.15, 0.2) is 11.5 Å². The van der Waals surface area contributed by atoms with Crippen LogP contribution in [0.1, 0.15) is 12.5 Å². The molecule has 2 aromatic rings. The van der Waals surface area contributed by atoms with E-state index in [0.29, 0.717) is 22.3 Å². The second-order valence-corrected chi connectivity index (χ2v) is 4.39. The van der Waals surface area contributed by atoms with Gasteiger partial charge in [-0.1, -0.05) is 18.5 Å². The SMILES string of the molecule is CCc1c(-c2cc(N)n[nH]2)cc2c(c1Cl)OCO2. The number of nitrogens with one attached hydrogen (secondary N) is 1. The van der Waals surface area contributed by atoms with Gasteiger partial charge in [-0.2, -0.15) is 5.10 Å². The monoisotopic (exact) mass is 265 g/mol. The number of fused-ring (bicyclic) bond motifs is 1. The third-order valence-electron chi connectivity index (χ3n) is 2.95. The fourth-order valence-corrected chi connectivity index (χ4v) is 2.49. The fraction of sp³-hybridized carbons (Fsp3) is 0.250. The molecule has 1 aliphatic rings. The molecule has 0 fully saturated rings. The molecule has 0 saturated carbocycles. The number of aromatic nitrogens is 2. The van der Waals surface area contributed by atoms with E-state index in [2.05, 4.69) is 10.2 Å². The first kappa shape index (κ1) is 11.2. The van der Waals surface area contributed by atoms with Gasteiger partial charge in [0, 0.05) is 11.6 Å². The van der Waals surface area contributed by atoms with E-state index >= 15 is 0 Å². The highest BCUT2D eigenvalue weighted by molar-refractivity contribution is 6.33. The molecule has 0 saturated heterocycles. The summed E-state index contributed by atoms with van der Waals surface area (Å²) in [6, 6.07) is 3.67. The van der Waals surface area contributed by atoms with E-state index < -0.39 is 0 Å². The number of nitrogens with zero attached hydrogens (tertiary/aromatic N) is 1. The summed E-state index contributed by atoms with van der Waals surface area (Å²) in [6.45, 7) is 2.24. The van der Waals surface area contributed by atoms with Crippen LogP contribution in [0.4, 0.5) is 5.82 Å². The molecule has 1 aromatic heterocycles. The molecule has 0 aliphatic carbocycles. The Morgan fingerprint density at radius 2 is 2.28 bits per heavy atom. The smallest absolute Gasteiger partial charge is 0.231 e. The fourth-order valence-electron chi connectivity index (χ4n) is 2.10. The average molecular weight is 266 g/mol. The molecule has 3 N–H and O–H groups in total. The molecule has 1 aromatic carbocycles. The number of halogens is 1. The Balaban J connectivity index is 2.23. The number of benzene rings is 1. The predicted molar refractivity (Wildman–Crippen MR) is 68.9 cm³/mol. The van der Waals surface area contributed by atoms with Crippen LogP contribution in [0.25, 0.3) is 11.3 Å². The molecular formula is C12H12ClN3O2. The second-order valence-electron chi connectivity index (χ2n) is 4.01. The van der Waals surface area contributed by atoms with Gasteiger partial charge < -0.3 is 15.2 Å². The first-order valence-electron chi connectivity index (χ1n) is 5.63. The maximum absolute atomic E-state index is 6.35. The van der Waals surface area contributed by atoms with Crippen molar-refractivity contribution in [3.8, 4) is 22.8 Å². The van der Waals surface area contributed by atoms with Gasteiger partial charge in [-0.25, -0.2) is 0 Å². The van der Waals surface area contributed by atoms with Crippen molar-refractivity contribution >= 4 is 17.4 Å². The third kappa shape index (κ3) is 1.59. The van der Waals surface area contributed by atoms with Crippen LogP contribution in [0, 0.1) is 0 Å². The summed E-state index contributed by atoms with van der Waals surface area (Å²) in [6.07, 6.45) is 0.781. The lowest BCUT2D eigenvalue weighted by molar-refractivity contribution is 0.174. The highest BCUT2D eigenvalue weighted by Gasteiger charge is 2.23. The van der Waals surface area contributed by atoms with E-state index in [1.165, 1.54) is 0 Å². The Morgan fingerprint density at radius 1 is 1.44 bits per heavy atom. The van der Waals surface area contributed by atoms with Crippen molar-refractivity contribution in [2.45, 2.75) is 13.3 Å². The van der Waals surface area contributed by atoms with Crippen LogP contribution < -0.4 is 15.2 Å². The minimum Gasteiger partial charge on any atom is -0.454 e. The molecule has 0 spiro atoms. The number of hydrogen-bond donors (Lipinski definition) is 2. The maximum Gasteiger partial charge on any atom is 0.231 e. The quantitative estimate of drug-likeness (QED) is 0.875. The predicted octanol–water partition coefficient (Wildman–Crippen LogP) is 2.60. The molecule has 2 heterocycles. The van der Waals surface area contributed by atoms with E-state index in [0.717, 1.165) is 23.2 Å². The molecule has 6 heteroatoms. The van der Waals surface area contributed by atoms with E-state index in [4.69, 9.17) is 26.8 Å². The number of hydrogen-bond acceptors (Lipinski definition) is 4. The van der Waals surface area contributed by atoms with Crippen molar-refractivity contribution in [2.24, 2.45) is 0 Å². The van der Waals surface area contributed by atoms with Gasteiger partial charge in [0.2, 0.25) is 6.79 Å². The molecule has 1 aliphatic heterocycles. The zero-order valence-corrected chi connectivity index (χ0v) is 10.5. The topological polar surface area (TPSA) is 73.2 Å². The number of H-pyrrole nitrogens is 1. The first-order valence-corrected chi connectivity index (χ1v) is 6.00. The van der Waals surface area contributed by atoms with Gasteiger partial charge in [0.05, 0.1) is 10.7 Å². The second kappa shape index (κ2) is 4.10. The van der Waals surface area contributed by atoms with Crippen LogP contribution in [0.15, 0.2) is 12.1 Å². The first-order chi connectivity index (χ1) is 8.70. The van der Waals surface area contributed by atoms with Gasteiger partial charge >= 0.3 is 0 Å². The van der Waals surface area contributed by atoms with Crippen molar-refractivity contribution in [3.63, 3.8) is 0 Å². The number of rotatable bonds is 2. The van der Waals surface area contributed by atoms with E-state index in [9.17, 15) is 0 Å². The molecular weight excluding hydrogens is 254 g/mol. The summed E-state index contributed by atoms with van der Waals surface area (Å²) in [5, 5.41) is 7.41. The summed E-state index contributed by atoms with van der Waals surface area (Å²) >= 11 is 6.35. The van der Waals surface area contributed by atoms with Crippen LogP contribution in [-0.2, 0) is 6.42 Å². The number of ether oxygens (including phenoxy) is 2. The maximum atomic E-state index is 6.35. The number of anilines is 1. The Bertz CT molecular complexity index is 610. The standard InChI is InChI=1S/C12H12ClN3O2/c1-2-6-7(8-4-10(14)16-15-8)3-9-12(11(6)13)18-5-17-9/h3-4H,2,5H2,1H3,(H3,14,15,16). The summed E-state index contributed by atoms with van der Waals surface area (Å²) < 4.78 is 10.7. The number of nitrogens with two attached hydrogens (primary N) is 1. The molecule has 18 heavy (non-hydrogen) atoms. The van der Waals surface area contributed by atoms with Gasteiger partial charge in [0.1, 0.15) is 5.82 Å². The van der Waals surface area contributed by atoms with Gasteiger partial charge in [-0.3, -0.25) is 5.10 Å². The van der Waals surface area contributed by atoms with Crippen molar-refractivity contribution in [1.82, 2.24) is 10.2 Å². The zero-order chi connectivity index (χ0) is 12.7. The highest BCUT2D eigenvalue weighted by atomic mass is 35.5. The van der Waals surface area contributed by atoms with E-state index in [1.54, 1.807) is 6.07 Å². The van der Waals surface area contributed by atoms with Crippen molar-refractivity contribution in [2.75, 3.05) is 12.5 Å². The van der Waals surface area contributed by atoms with E-state index in [1.807, 2.05) is 13.0 Å². The van der Waals surface area contributed by atoms with Crippen LogP contribution in [0.3, 0.4) is 0 Å². The summed E-state index contributed by atoms with van der Waals surface area (Å²) in [4.78, 5) is 0. The van der Waals surface area contributed by atoms with Crippen molar-refractivity contribution in [3.05, 3.63) is 22.7 Å². The third-order valence-corrected chi connectivity index (χ3v) is 3.35. The average Bonchev–Trinajstić information content (AvgIpc) is 2.97. The largest absolute Gasteiger partial charge is 0.454 e. The van der Waals surface area contributed by atoms with Crippen LogP contribution in [-0.4, -0.2) is 17.0 Å². The van der Waals surface area contributed by atoms with Crippen molar-refractivity contribution < 1.29 is 9.47 Å². The number of nitrogen functional groups attached to an aromatic ring is 1. The Labute approximate surface area is 109 Å². The van der Waals surface area contributed by atoms with Crippen molar-refractivity contribution in [1.29, 1.82) is 0 Å². The summed E-state index contributed by atoms with van der Waals surface area (Å²) in [5.41, 5.74) is 8.38. The molecule has 5 nitrogen and oxygen atoms in total. The number of aromatic amines is 1. The van der Waals surface area contributed by atoms with E-state index in [-0.39, 0.29) is 6.79 Å². The van der Waals surface area contributed by atoms with Crippen LogP contribution in [0.5, 0.6) is 11.5 Å². The molecule has 3 rings (SSSR count). The minimum atomic E-state index is 0.201. The molecule has 0 radical (unpaired) electrons. The Hall–Kier alpha value is -1.88. The van der Waals surface area contributed by atoms with Gasteiger partial charge in [-0.15, -0.1) is 0 Å². The normalized spacial score (nSPS) is 13.0. The van der Waals surface area contributed by atoms with Crippen LogP contribution in [0.2, 0.25) is 5.02 Å². The Morgan fingerprint density at radius 3 is 2.94 bits per heavy atom. The zero-order valence-electron chi connectivity index (χ0n) is 9.79. The lowest BCUT2D eigenvalue weighted by Gasteiger charge is -2.10. The molecule has 0 amide bonds. The van der Waals surface area contributed by atoms with Crippen LogP contribution >= 0.6 is 11.6 Å². The molecule has 94 valence electrons.